The van der Waals surface area contributed by atoms with Gasteiger partial charge in [0.2, 0.25) is 11.8 Å². The number of hydrogen-bond donors (Lipinski definition) is 1. The molecule has 4 nitrogen and oxygen atoms in total. The number of anilines is 1. The highest BCUT2D eigenvalue weighted by molar-refractivity contribution is 5.91. The number of carbonyl (C=O) groups is 2. The summed E-state index contributed by atoms with van der Waals surface area (Å²) >= 11 is 0. The van der Waals surface area contributed by atoms with Crippen molar-refractivity contribution >= 4 is 17.5 Å². The normalized spacial score (nSPS) is 10.4. The summed E-state index contributed by atoms with van der Waals surface area (Å²) in [6, 6.07) is 5.77. The molecule has 0 radical (unpaired) electrons. The Morgan fingerprint density at radius 3 is 2.58 bits per heavy atom. The van der Waals surface area contributed by atoms with Gasteiger partial charge in [0.05, 0.1) is 0 Å². The molecule has 0 bridgehead atoms. The molecule has 0 aliphatic carbocycles. The Hall–Kier alpha value is -1.91. The lowest BCUT2D eigenvalue weighted by Gasteiger charge is -2.24. The highest BCUT2D eigenvalue weighted by Gasteiger charge is 2.14. The maximum absolute atomic E-state index is 12.9. The quantitative estimate of drug-likeness (QED) is 0.889. The number of benzene rings is 1. The third-order valence-electron chi connectivity index (χ3n) is 2.72. The van der Waals surface area contributed by atoms with Crippen LogP contribution < -0.4 is 5.32 Å². The molecular weight excluding hydrogens is 247 g/mol. The molecule has 1 aromatic carbocycles. The average molecular weight is 266 g/mol. The molecule has 0 unspecified atom stereocenters. The molecule has 0 fully saturated rings. The summed E-state index contributed by atoms with van der Waals surface area (Å²) in [5, 5.41) is 2.60. The van der Waals surface area contributed by atoms with Crippen molar-refractivity contribution in [1.82, 2.24) is 4.90 Å². The number of carbonyl (C=O) groups excluding carboxylic acids is 2. The average Bonchev–Trinajstić information content (AvgIpc) is 2.27. The molecule has 0 heterocycles. The molecular formula is C14H19FN2O2. The van der Waals surface area contributed by atoms with Crippen molar-refractivity contribution in [1.29, 1.82) is 0 Å². The van der Waals surface area contributed by atoms with Gasteiger partial charge in [-0.15, -0.1) is 0 Å². The maximum Gasteiger partial charge on any atom is 0.226 e. The van der Waals surface area contributed by atoms with Gasteiger partial charge in [0, 0.05) is 31.6 Å². The first-order valence-corrected chi connectivity index (χ1v) is 6.22. The van der Waals surface area contributed by atoms with E-state index in [4.69, 9.17) is 0 Å². The minimum atomic E-state index is -0.398. The summed E-state index contributed by atoms with van der Waals surface area (Å²) in [6.45, 7) is 5.62. The van der Waals surface area contributed by atoms with Crippen molar-refractivity contribution in [2.24, 2.45) is 0 Å². The van der Waals surface area contributed by atoms with E-state index in [1.54, 1.807) is 11.0 Å². The predicted octanol–water partition coefficient (Wildman–Crippen LogP) is 2.41. The van der Waals surface area contributed by atoms with Crippen LogP contribution in [0.15, 0.2) is 24.3 Å². The fourth-order valence-corrected chi connectivity index (χ4v) is 1.79. The Balaban J connectivity index is 2.50. The SMILES string of the molecule is CC(=O)N(CCC(=O)Nc1cccc(F)c1)C(C)C. The molecule has 2 amide bonds. The second-order valence-corrected chi connectivity index (χ2v) is 4.61. The molecule has 0 atom stereocenters. The third kappa shape index (κ3) is 5.07. The number of hydrogen-bond acceptors (Lipinski definition) is 2. The third-order valence-corrected chi connectivity index (χ3v) is 2.72. The zero-order chi connectivity index (χ0) is 14.4. The molecule has 0 saturated heterocycles. The van der Waals surface area contributed by atoms with E-state index in [2.05, 4.69) is 5.32 Å². The van der Waals surface area contributed by atoms with E-state index >= 15 is 0 Å². The van der Waals surface area contributed by atoms with Gasteiger partial charge in [-0.2, -0.15) is 0 Å². The molecule has 0 spiro atoms. The summed E-state index contributed by atoms with van der Waals surface area (Å²) in [4.78, 5) is 24.7. The van der Waals surface area contributed by atoms with Gasteiger partial charge in [-0.3, -0.25) is 9.59 Å². The molecule has 19 heavy (non-hydrogen) atoms. The van der Waals surface area contributed by atoms with E-state index in [1.807, 2.05) is 13.8 Å². The van der Waals surface area contributed by atoms with Crippen molar-refractivity contribution in [3.05, 3.63) is 30.1 Å². The number of nitrogens with zero attached hydrogens (tertiary/aromatic N) is 1. The Bertz CT molecular complexity index is 461. The molecule has 1 rings (SSSR count). The highest BCUT2D eigenvalue weighted by atomic mass is 19.1. The molecule has 0 aliphatic heterocycles. The fourth-order valence-electron chi connectivity index (χ4n) is 1.79. The van der Waals surface area contributed by atoms with Crippen LogP contribution in [-0.4, -0.2) is 29.3 Å². The topological polar surface area (TPSA) is 49.4 Å². The van der Waals surface area contributed by atoms with E-state index in [-0.39, 0.29) is 24.3 Å². The second-order valence-electron chi connectivity index (χ2n) is 4.61. The lowest BCUT2D eigenvalue weighted by molar-refractivity contribution is -0.130. The van der Waals surface area contributed by atoms with Crippen molar-refractivity contribution in [3.8, 4) is 0 Å². The molecule has 5 heteroatoms. The van der Waals surface area contributed by atoms with Crippen molar-refractivity contribution in [2.45, 2.75) is 33.2 Å². The van der Waals surface area contributed by atoms with Crippen LogP contribution in [0.4, 0.5) is 10.1 Å². The van der Waals surface area contributed by atoms with Gasteiger partial charge < -0.3 is 10.2 Å². The van der Waals surface area contributed by atoms with E-state index in [0.29, 0.717) is 12.2 Å². The van der Waals surface area contributed by atoms with Crippen LogP contribution in [0.3, 0.4) is 0 Å². The molecule has 0 aromatic heterocycles. The van der Waals surface area contributed by atoms with Gasteiger partial charge in [-0.25, -0.2) is 4.39 Å². The minimum Gasteiger partial charge on any atom is -0.340 e. The van der Waals surface area contributed by atoms with Crippen molar-refractivity contribution < 1.29 is 14.0 Å². The van der Waals surface area contributed by atoms with Gasteiger partial charge in [0.15, 0.2) is 0 Å². The van der Waals surface area contributed by atoms with Gasteiger partial charge in [0.25, 0.3) is 0 Å². The number of rotatable bonds is 5. The molecule has 104 valence electrons. The highest BCUT2D eigenvalue weighted by Crippen LogP contribution is 2.09. The lowest BCUT2D eigenvalue weighted by Crippen LogP contribution is -2.37. The first kappa shape index (κ1) is 15.1. The maximum atomic E-state index is 12.9. The second kappa shape index (κ2) is 6.87. The monoisotopic (exact) mass is 266 g/mol. The first-order valence-electron chi connectivity index (χ1n) is 6.22. The zero-order valence-corrected chi connectivity index (χ0v) is 11.4. The molecule has 0 saturated carbocycles. The lowest BCUT2D eigenvalue weighted by atomic mass is 10.2. The summed E-state index contributed by atoms with van der Waals surface area (Å²) in [5.41, 5.74) is 0.420. The Morgan fingerprint density at radius 1 is 1.37 bits per heavy atom. The van der Waals surface area contributed by atoms with Gasteiger partial charge in [-0.05, 0) is 32.0 Å². The molecule has 1 N–H and O–H groups in total. The summed E-state index contributed by atoms with van der Waals surface area (Å²) in [7, 11) is 0. The zero-order valence-electron chi connectivity index (χ0n) is 11.4. The number of halogens is 1. The van der Waals surface area contributed by atoms with Crippen LogP contribution in [0, 0.1) is 5.82 Å². The standard InChI is InChI=1S/C14H19FN2O2/c1-10(2)17(11(3)18)8-7-14(19)16-13-6-4-5-12(15)9-13/h4-6,9-10H,7-8H2,1-3H3,(H,16,19). The van der Waals surface area contributed by atoms with Crippen LogP contribution in [-0.2, 0) is 9.59 Å². The first-order chi connectivity index (χ1) is 8.90. The van der Waals surface area contributed by atoms with Gasteiger partial charge in [0.1, 0.15) is 5.82 Å². The van der Waals surface area contributed by atoms with E-state index in [0.717, 1.165) is 0 Å². The predicted molar refractivity (Wildman–Crippen MR) is 72.2 cm³/mol. The van der Waals surface area contributed by atoms with Crippen LogP contribution in [0.25, 0.3) is 0 Å². The Labute approximate surface area is 112 Å². The van der Waals surface area contributed by atoms with Crippen LogP contribution in [0.5, 0.6) is 0 Å². The van der Waals surface area contributed by atoms with Gasteiger partial charge in [-0.1, -0.05) is 6.07 Å². The van der Waals surface area contributed by atoms with Crippen LogP contribution in [0.2, 0.25) is 0 Å². The van der Waals surface area contributed by atoms with Crippen LogP contribution in [0.1, 0.15) is 27.2 Å². The summed E-state index contributed by atoms with van der Waals surface area (Å²) in [5.74, 6) is -0.698. The number of amides is 2. The number of nitrogens with one attached hydrogen (secondary N) is 1. The summed E-state index contributed by atoms with van der Waals surface area (Å²) < 4.78 is 12.9. The van der Waals surface area contributed by atoms with Crippen molar-refractivity contribution in [3.63, 3.8) is 0 Å². The van der Waals surface area contributed by atoms with E-state index in [9.17, 15) is 14.0 Å². The smallest absolute Gasteiger partial charge is 0.226 e. The minimum absolute atomic E-state index is 0.0551. The summed E-state index contributed by atoms with van der Waals surface area (Å²) in [6.07, 6.45) is 0.189. The molecule has 0 aliphatic rings. The Morgan fingerprint density at radius 2 is 2.05 bits per heavy atom. The fraction of sp³-hybridized carbons (Fsp3) is 0.429. The Kier molecular flexibility index (Phi) is 5.48. The van der Waals surface area contributed by atoms with E-state index in [1.165, 1.54) is 25.1 Å². The molecule has 1 aromatic rings. The van der Waals surface area contributed by atoms with Crippen molar-refractivity contribution in [2.75, 3.05) is 11.9 Å². The van der Waals surface area contributed by atoms with E-state index < -0.39 is 5.82 Å². The van der Waals surface area contributed by atoms with Gasteiger partial charge >= 0.3 is 0 Å². The van der Waals surface area contributed by atoms with Crippen LogP contribution >= 0.6 is 0 Å². The largest absolute Gasteiger partial charge is 0.340 e.